The average Bonchev–Trinajstić information content (AvgIpc) is 2.71. The predicted octanol–water partition coefficient (Wildman–Crippen LogP) is 3.41. The van der Waals surface area contributed by atoms with E-state index in [1.807, 2.05) is 6.07 Å². The lowest BCUT2D eigenvalue weighted by Crippen LogP contribution is -2.12. The molecule has 1 heterocycles. The third-order valence-corrected chi connectivity index (χ3v) is 4.42. The van der Waals surface area contributed by atoms with Crippen LogP contribution in [0.4, 0.5) is 0 Å². The third-order valence-electron chi connectivity index (χ3n) is 3.89. The van der Waals surface area contributed by atoms with E-state index in [0.717, 1.165) is 23.1 Å². The van der Waals surface area contributed by atoms with Gasteiger partial charge in [0.25, 0.3) is 0 Å². The molecule has 3 heteroatoms. The molecule has 3 unspecified atom stereocenters. The molecule has 3 atom stereocenters. The summed E-state index contributed by atoms with van der Waals surface area (Å²) in [5, 5.41) is 5.06. The van der Waals surface area contributed by atoms with Crippen LogP contribution in [0.1, 0.15) is 29.9 Å². The summed E-state index contributed by atoms with van der Waals surface area (Å²) in [6.07, 6.45) is 0. The van der Waals surface area contributed by atoms with E-state index in [1.165, 1.54) is 11.1 Å². The van der Waals surface area contributed by atoms with Crippen molar-refractivity contribution in [1.82, 2.24) is 5.32 Å². The lowest BCUT2D eigenvalue weighted by molar-refractivity contribution is 0.487. The molecule has 1 aliphatic carbocycles. The molecule has 2 aliphatic rings. The zero-order chi connectivity index (χ0) is 10.6. The van der Waals surface area contributed by atoms with Gasteiger partial charge in [-0.15, -0.1) is 0 Å². The second kappa shape index (κ2) is 3.38. The van der Waals surface area contributed by atoms with E-state index >= 15 is 0 Å². The molecule has 3 rings (SSSR count). The van der Waals surface area contributed by atoms with Crippen LogP contribution in [-0.4, -0.2) is 13.1 Å². The van der Waals surface area contributed by atoms with E-state index in [2.05, 4.69) is 18.3 Å². The van der Waals surface area contributed by atoms with Crippen molar-refractivity contribution in [3.05, 3.63) is 33.3 Å². The molecule has 1 N–H and O–H groups in total. The van der Waals surface area contributed by atoms with E-state index in [1.54, 1.807) is 0 Å². The van der Waals surface area contributed by atoms with Crippen LogP contribution in [0.15, 0.2) is 12.1 Å². The third kappa shape index (κ3) is 1.33. The number of rotatable bonds is 0. The maximum absolute atomic E-state index is 6.29. The summed E-state index contributed by atoms with van der Waals surface area (Å²) in [4.78, 5) is 0. The number of halogens is 2. The second-order valence-electron chi connectivity index (χ2n) is 4.61. The van der Waals surface area contributed by atoms with Gasteiger partial charge < -0.3 is 5.32 Å². The Labute approximate surface area is 99.8 Å². The highest BCUT2D eigenvalue weighted by Gasteiger charge is 2.42. The number of hydrogen-bond acceptors (Lipinski definition) is 1. The SMILES string of the molecule is CC1c2cc(Cl)cc(Cl)c2C2CNCC12. The first-order chi connectivity index (χ1) is 7.18. The molecule has 80 valence electrons. The minimum atomic E-state index is 0.580. The first-order valence-electron chi connectivity index (χ1n) is 5.38. The van der Waals surface area contributed by atoms with Crippen molar-refractivity contribution in [3.63, 3.8) is 0 Å². The van der Waals surface area contributed by atoms with E-state index < -0.39 is 0 Å². The van der Waals surface area contributed by atoms with E-state index in [9.17, 15) is 0 Å². The zero-order valence-electron chi connectivity index (χ0n) is 8.56. The van der Waals surface area contributed by atoms with Gasteiger partial charge in [0, 0.05) is 22.5 Å². The molecule has 0 aromatic heterocycles. The number of benzene rings is 1. The lowest BCUT2D eigenvalue weighted by atomic mass is 9.91. The molecule has 0 saturated carbocycles. The van der Waals surface area contributed by atoms with Crippen LogP contribution in [0.3, 0.4) is 0 Å². The summed E-state index contributed by atoms with van der Waals surface area (Å²) in [5.74, 6) is 1.88. The molecule has 0 spiro atoms. The summed E-state index contributed by atoms with van der Waals surface area (Å²) in [6.45, 7) is 4.45. The molecule has 1 aliphatic heterocycles. The average molecular weight is 242 g/mol. The molecule has 0 amide bonds. The van der Waals surface area contributed by atoms with E-state index in [4.69, 9.17) is 23.2 Å². The molecule has 1 aromatic rings. The maximum atomic E-state index is 6.29. The van der Waals surface area contributed by atoms with Gasteiger partial charge >= 0.3 is 0 Å². The van der Waals surface area contributed by atoms with Gasteiger partial charge in [-0.2, -0.15) is 0 Å². The van der Waals surface area contributed by atoms with E-state index in [0.29, 0.717) is 17.8 Å². The minimum Gasteiger partial charge on any atom is -0.316 e. The van der Waals surface area contributed by atoms with Crippen molar-refractivity contribution < 1.29 is 0 Å². The van der Waals surface area contributed by atoms with E-state index in [-0.39, 0.29) is 0 Å². The fourth-order valence-corrected chi connectivity index (χ4v) is 3.79. The van der Waals surface area contributed by atoms with Gasteiger partial charge in [0.2, 0.25) is 0 Å². The van der Waals surface area contributed by atoms with Gasteiger partial charge in [0.05, 0.1) is 0 Å². The Balaban J connectivity index is 2.19. The summed E-state index contributed by atoms with van der Waals surface area (Å²) in [5.41, 5.74) is 2.70. The largest absolute Gasteiger partial charge is 0.316 e. The van der Waals surface area contributed by atoms with Crippen LogP contribution < -0.4 is 5.32 Å². The molecule has 15 heavy (non-hydrogen) atoms. The highest BCUT2D eigenvalue weighted by molar-refractivity contribution is 6.35. The Morgan fingerprint density at radius 2 is 2.07 bits per heavy atom. The smallest absolute Gasteiger partial charge is 0.0459 e. The summed E-state index contributed by atoms with van der Waals surface area (Å²) in [6, 6.07) is 3.96. The Morgan fingerprint density at radius 3 is 2.87 bits per heavy atom. The number of nitrogens with one attached hydrogen (secondary N) is 1. The topological polar surface area (TPSA) is 12.0 Å². The second-order valence-corrected chi connectivity index (χ2v) is 5.45. The number of hydrogen-bond donors (Lipinski definition) is 1. The van der Waals surface area contributed by atoms with Crippen LogP contribution in [0.25, 0.3) is 0 Å². The van der Waals surface area contributed by atoms with Crippen LogP contribution in [0.5, 0.6) is 0 Å². The first-order valence-corrected chi connectivity index (χ1v) is 6.13. The van der Waals surface area contributed by atoms with Gasteiger partial charge in [0.1, 0.15) is 0 Å². The standard InChI is InChI=1S/C12H13Cl2N/c1-6-8-2-7(13)3-11(14)12(8)10-5-15-4-9(6)10/h2-3,6,9-10,15H,4-5H2,1H3. The van der Waals surface area contributed by atoms with Crippen LogP contribution in [0.2, 0.25) is 10.0 Å². The van der Waals surface area contributed by atoms with Crippen molar-refractivity contribution in [2.75, 3.05) is 13.1 Å². The fourth-order valence-electron chi connectivity index (χ4n) is 3.14. The molecule has 1 fully saturated rings. The van der Waals surface area contributed by atoms with Crippen molar-refractivity contribution in [2.45, 2.75) is 18.8 Å². The predicted molar refractivity (Wildman–Crippen MR) is 64.0 cm³/mol. The number of fused-ring (bicyclic) bond motifs is 3. The molecule has 0 radical (unpaired) electrons. The molecular weight excluding hydrogens is 229 g/mol. The van der Waals surface area contributed by atoms with Gasteiger partial charge in [-0.1, -0.05) is 30.1 Å². The molecule has 1 aromatic carbocycles. The van der Waals surface area contributed by atoms with Gasteiger partial charge in [-0.05, 0) is 41.6 Å². The van der Waals surface area contributed by atoms with Crippen molar-refractivity contribution in [2.24, 2.45) is 5.92 Å². The summed E-state index contributed by atoms with van der Waals surface area (Å²) >= 11 is 12.3. The van der Waals surface area contributed by atoms with Gasteiger partial charge in [-0.3, -0.25) is 0 Å². The fraction of sp³-hybridized carbons (Fsp3) is 0.500. The lowest BCUT2D eigenvalue weighted by Gasteiger charge is -2.12. The quantitative estimate of drug-likeness (QED) is 0.735. The molecular formula is C12H13Cl2N. The van der Waals surface area contributed by atoms with Gasteiger partial charge in [-0.25, -0.2) is 0 Å². The van der Waals surface area contributed by atoms with Crippen LogP contribution in [-0.2, 0) is 0 Å². The Hall–Kier alpha value is -0.240. The molecule has 1 nitrogen and oxygen atoms in total. The maximum Gasteiger partial charge on any atom is 0.0459 e. The first kappa shape index (κ1) is 9.95. The van der Waals surface area contributed by atoms with Crippen molar-refractivity contribution in [3.8, 4) is 0 Å². The van der Waals surface area contributed by atoms with Crippen LogP contribution in [0, 0.1) is 5.92 Å². The van der Waals surface area contributed by atoms with Gasteiger partial charge in [0.15, 0.2) is 0 Å². The highest BCUT2D eigenvalue weighted by Crippen LogP contribution is 2.51. The molecule has 0 bridgehead atoms. The van der Waals surface area contributed by atoms with Crippen molar-refractivity contribution in [1.29, 1.82) is 0 Å². The zero-order valence-corrected chi connectivity index (χ0v) is 10.1. The van der Waals surface area contributed by atoms with Crippen LogP contribution >= 0.6 is 23.2 Å². The van der Waals surface area contributed by atoms with Crippen molar-refractivity contribution >= 4 is 23.2 Å². The summed E-state index contributed by atoms with van der Waals surface area (Å²) < 4.78 is 0. The Morgan fingerprint density at radius 1 is 1.27 bits per heavy atom. The Bertz CT molecular complexity index is 416. The minimum absolute atomic E-state index is 0.580. The molecule has 1 saturated heterocycles. The summed E-state index contributed by atoms with van der Waals surface area (Å²) in [7, 11) is 0. The normalized spacial score (nSPS) is 32.9. The Kier molecular flexibility index (Phi) is 2.24. The monoisotopic (exact) mass is 241 g/mol. The highest BCUT2D eigenvalue weighted by atomic mass is 35.5.